The van der Waals surface area contributed by atoms with Crippen molar-refractivity contribution in [3.8, 4) is 11.5 Å². The van der Waals surface area contributed by atoms with Crippen molar-refractivity contribution in [1.82, 2.24) is 4.90 Å². The monoisotopic (exact) mass is 282 g/mol. The first-order valence-electron chi connectivity index (χ1n) is 5.94. The number of rotatable bonds is 5. The predicted molar refractivity (Wildman–Crippen MR) is 77.3 cm³/mol. The highest BCUT2D eigenvalue weighted by Crippen LogP contribution is 2.24. The number of phenols is 2. The molecular formula is C13H18N2O3S. The molecule has 0 aliphatic rings. The number of phenolic OH excluding ortho intramolecular Hbond substituents is 2. The maximum atomic E-state index is 12.3. The van der Waals surface area contributed by atoms with Crippen LogP contribution in [0.1, 0.15) is 30.6 Å². The summed E-state index contributed by atoms with van der Waals surface area (Å²) in [5.41, 5.74) is 5.50. The second-order valence-electron chi connectivity index (χ2n) is 4.51. The second kappa shape index (κ2) is 6.38. The molecule has 0 fully saturated rings. The first-order chi connectivity index (χ1) is 8.82. The van der Waals surface area contributed by atoms with Gasteiger partial charge in [0.25, 0.3) is 5.91 Å². The highest BCUT2D eigenvalue weighted by Gasteiger charge is 2.21. The lowest BCUT2D eigenvalue weighted by atomic mass is 10.1. The number of nitrogens with two attached hydrogens (primary N) is 1. The maximum absolute atomic E-state index is 12.3. The summed E-state index contributed by atoms with van der Waals surface area (Å²) in [6.07, 6.45) is 0.416. The van der Waals surface area contributed by atoms with E-state index in [1.54, 1.807) is 4.90 Å². The Labute approximate surface area is 117 Å². The third-order valence-electron chi connectivity index (χ3n) is 2.69. The Balaban J connectivity index is 2.99. The summed E-state index contributed by atoms with van der Waals surface area (Å²) in [5, 5.41) is 19.1. The zero-order valence-corrected chi connectivity index (χ0v) is 11.8. The molecule has 19 heavy (non-hydrogen) atoms. The van der Waals surface area contributed by atoms with Crippen LogP contribution in [0.2, 0.25) is 0 Å². The number of carbonyl (C=O) groups is 1. The third kappa shape index (κ3) is 4.10. The van der Waals surface area contributed by atoms with Crippen LogP contribution in [0.5, 0.6) is 11.5 Å². The van der Waals surface area contributed by atoms with Gasteiger partial charge in [-0.2, -0.15) is 0 Å². The van der Waals surface area contributed by atoms with Gasteiger partial charge >= 0.3 is 0 Å². The first-order valence-corrected chi connectivity index (χ1v) is 6.35. The van der Waals surface area contributed by atoms with Crippen molar-refractivity contribution in [3.05, 3.63) is 23.8 Å². The molecule has 5 nitrogen and oxygen atoms in total. The molecule has 0 radical (unpaired) electrons. The number of amides is 1. The summed E-state index contributed by atoms with van der Waals surface area (Å²) in [5.74, 6) is -0.595. The fourth-order valence-corrected chi connectivity index (χ4v) is 1.77. The van der Waals surface area contributed by atoms with Gasteiger partial charge in [0, 0.05) is 19.0 Å². The molecule has 0 spiro atoms. The molecule has 0 atom stereocenters. The molecule has 4 N–H and O–H groups in total. The van der Waals surface area contributed by atoms with Gasteiger partial charge in [0.05, 0.1) is 10.6 Å². The summed E-state index contributed by atoms with van der Waals surface area (Å²) < 4.78 is 0. The van der Waals surface area contributed by atoms with E-state index in [0.717, 1.165) is 0 Å². The molecule has 0 aromatic heterocycles. The van der Waals surface area contributed by atoms with Crippen LogP contribution in [0.4, 0.5) is 0 Å². The Bertz CT molecular complexity index is 489. The minimum absolute atomic E-state index is 0.0661. The first kappa shape index (κ1) is 15.2. The van der Waals surface area contributed by atoms with E-state index in [1.807, 2.05) is 13.8 Å². The van der Waals surface area contributed by atoms with Gasteiger partial charge in [-0.25, -0.2) is 0 Å². The molecule has 1 rings (SSSR count). The van der Waals surface area contributed by atoms with E-state index in [2.05, 4.69) is 0 Å². The Morgan fingerprint density at radius 3 is 2.58 bits per heavy atom. The Morgan fingerprint density at radius 2 is 2.05 bits per heavy atom. The zero-order chi connectivity index (χ0) is 14.6. The third-order valence-corrected chi connectivity index (χ3v) is 2.90. The van der Waals surface area contributed by atoms with Crippen LogP contribution >= 0.6 is 12.2 Å². The van der Waals surface area contributed by atoms with Gasteiger partial charge in [0.15, 0.2) is 0 Å². The Kier molecular flexibility index (Phi) is 5.11. The molecule has 0 unspecified atom stereocenters. The highest BCUT2D eigenvalue weighted by atomic mass is 32.1. The lowest BCUT2D eigenvalue weighted by molar-refractivity contribution is 0.0708. The van der Waals surface area contributed by atoms with Gasteiger partial charge in [-0.05, 0) is 32.0 Å². The lowest BCUT2D eigenvalue weighted by Gasteiger charge is -2.27. The molecule has 0 bridgehead atoms. The van der Waals surface area contributed by atoms with Gasteiger partial charge in [0.1, 0.15) is 11.5 Å². The van der Waals surface area contributed by atoms with E-state index in [-0.39, 0.29) is 29.0 Å². The summed E-state index contributed by atoms with van der Waals surface area (Å²) in [6.45, 7) is 4.09. The minimum Gasteiger partial charge on any atom is -0.508 e. The van der Waals surface area contributed by atoms with Crippen LogP contribution in [-0.2, 0) is 0 Å². The Morgan fingerprint density at radius 1 is 1.42 bits per heavy atom. The smallest absolute Gasteiger partial charge is 0.257 e. The van der Waals surface area contributed by atoms with Crippen molar-refractivity contribution in [2.45, 2.75) is 26.3 Å². The number of nitrogens with zero attached hydrogens (tertiary/aromatic N) is 1. The standard InChI is InChI=1S/C13H18N2O3S/c1-8(2)15(6-5-12(14)19)13(18)10-7-9(16)3-4-11(10)17/h3-4,7-8,16-17H,5-6H2,1-2H3,(H2,14,19). The SMILES string of the molecule is CC(C)N(CCC(N)=S)C(=O)c1cc(O)ccc1O. The molecule has 0 saturated heterocycles. The molecule has 1 aromatic carbocycles. The fraction of sp³-hybridized carbons (Fsp3) is 0.385. The van der Waals surface area contributed by atoms with E-state index in [1.165, 1.54) is 18.2 Å². The van der Waals surface area contributed by atoms with Gasteiger partial charge in [0.2, 0.25) is 0 Å². The van der Waals surface area contributed by atoms with Crippen LogP contribution < -0.4 is 5.73 Å². The molecule has 0 aliphatic heterocycles. The molecular weight excluding hydrogens is 264 g/mol. The van der Waals surface area contributed by atoms with E-state index in [9.17, 15) is 15.0 Å². The number of aromatic hydroxyl groups is 2. The average Bonchev–Trinajstić information content (AvgIpc) is 2.31. The van der Waals surface area contributed by atoms with Crippen molar-refractivity contribution in [2.75, 3.05) is 6.54 Å². The molecule has 1 amide bonds. The molecule has 1 aromatic rings. The van der Waals surface area contributed by atoms with E-state index in [4.69, 9.17) is 18.0 Å². The van der Waals surface area contributed by atoms with Gasteiger partial charge < -0.3 is 20.8 Å². The number of benzene rings is 1. The largest absolute Gasteiger partial charge is 0.508 e. The van der Waals surface area contributed by atoms with Crippen molar-refractivity contribution in [1.29, 1.82) is 0 Å². The lowest BCUT2D eigenvalue weighted by Crippen LogP contribution is -2.39. The number of carbonyl (C=O) groups excluding carboxylic acids is 1. The van der Waals surface area contributed by atoms with Crippen molar-refractivity contribution in [2.24, 2.45) is 5.73 Å². The zero-order valence-electron chi connectivity index (χ0n) is 11.0. The second-order valence-corrected chi connectivity index (χ2v) is 5.03. The van der Waals surface area contributed by atoms with Crippen LogP contribution in [0, 0.1) is 0 Å². The Hall–Kier alpha value is -1.82. The van der Waals surface area contributed by atoms with Crippen LogP contribution in [0.25, 0.3) is 0 Å². The fourth-order valence-electron chi connectivity index (χ4n) is 1.67. The van der Waals surface area contributed by atoms with Gasteiger partial charge in [-0.3, -0.25) is 4.79 Å². The van der Waals surface area contributed by atoms with Crippen LogP contribution in [-0.4, -0.2) is 38.6 Å². The molecule has 0 heterocycles. The highest BCUT2D eigenvalue weighted by molar-refractivity contribution is 7.80. The van der Waals surface area contributed by atoms with Gasteiger partial charge in [-0.1, -0.05) is 12.2 Å². The van der Waals surface area contributed by atoms with Crippen molar-refractivity contribution in [3.63, 3.8) is 0 Å². The summed E-state index contributed by atoms with van der Waals surface area (Å²) in [7, 11) is 0. The van der Waals surface area contributed by atoms with E-state index in [0.29, 0.717) is 18.0 Å². The minimum atomic E-state index is -0.361. The van der Waals surface area contributed by atoms with Crippen molar-refractivity contribution < 1.29 is 15.0 Å². The average molecular weight is 282 g/mol. The number of hydrogen-bond donors (Lipinski definition) is 3. The van der Waals surface area contributed by atoms with Crippen LogP contribution in [0.3, 0.4) is 0 Å². The quantitative estimate of drug-likeness (QED) is 0.564. The van der Waals surface area contributed by atoms with Crippen LogP contribution in [0.15, 0.2) is 18.2 Å². The molecule has 6 heteroatoms. The summed E-state index contributed by atoms with van der Waals surface area (Å²) >= 11 is 4.80. The van der Waals surface area contributed by atoms with E-state index >= 15 is 0 Å². The number of thiocarbonyl (C=S) groups is 1. The summed E-state index contributed by atoms with van der Waals surface area (Å²) in [4.78, 5) is 14.2. The number of hydrogen-bond acceptors (Lipinski definition) is 4. The van der Waals surface area contributed by atoms with E-state index < -0.39 is 0 Å². The predicted octanol–water partition coefficient (Wildman–Crippen LogP) is 1.62. The normalized spacial score (nSPS) is 10.5. The van der Waals surface area contributed by atoms with Gasteiger partial charge in [-0.15, -0.1) is 0 Å². The molecule has 104 valence electrons. The summed E-state index contributed by atoms with van der Waals surface area (Å²) in [6, 6.07) is 3.78. The maximum Gasteiger partial charge on any atom is 0.257 e. The topological polar surface area (TPSA) is 86.8 Å². The van der Waals surface area contributed by atoms with Crippen molar-refractivity contribution >= 4 is 23.1 Å². The molecule has 0 saturated carbocycles. The molecule has 0 aliphatic carbocycles.